The lowest BCUT2D eigenvalue weighted by atomic mass is 10.1. The van der Waals surface area contributed by atoms with Crippen LogP contribution in [-0.2, 0) is 0 Å². The molecule has 3 aromatic rings. The van der Waals surface area contributed by atoms with Crippen LogP contribution >= 0.6 is 0 Å². The predicted octanol–water partition coefficient (Wildman–Crippen LogP) is 8.48. The lowest BCUT2D eigenvalue weighted by Gasteiger charge is -2.44. The van der Waals surface area contributed by atoms with E-state index in [9.17, 15) is 0 Å². The molecule has 52 heavy (non-hydrogen) atoms. The molecule has 1 aliphatic rings. The van der Waals surface area contributed by atoms with E-state index >= 15 is 0 Å². The predicted molar refractivity (Wildman–Crippen MR) is 262 cm³/mol. The molecule has 0 N–H and O–H groups in total. The van der Waals surface area contributed by atoms with Crippen molar-refractivity contribution in [2.45, 2.75) is 151 Å². The molecule has 0 aromatic heterocycles. The van der Waals surface area contributed by atoms with Gasteiger partial charge in [-0.3, -0.25) is 0 Å². The molecule has 0 amide bonds. The van der Waals surface area contributed by atoms with Gasteiger partial charge in [0.2, 0.25) is 0 Å². The SMILES string of the molecule is CC1=C(C)C([Si](c2cc([Si](C)(C)C)cc([Si](C)(C)C)c2)(c2cc([Si](C)(C)C)cc([Si](C)(C)C)c2)c2cc([Si](C)(C)C)cc([Si](C)(C)C)c2)C(C)=C1C. The molecule has 0 atom stereocenters. The second-order valence-electron chi connectivity index (χ2n) is 22.8. The Morgan fingerprint density at radius 1 is 0.269 bits per heavy atom. The summed E-state index contributed by atoms with van der Waals surface area (Å²) < 4.78 is 0. The van der Waals surface area contributed by atoms with Crippen LogP contribution in [0.4, 0.5) is 0 Å². The summed E-state index contributed by atoms with van der Waals surface area (Å²) in [6.07, 6.45) is 0. The highest BCUT2D eigenvalue weighted by Crippen LogP contribution is 2.46. The zero-order chi connectivity index (χ0) is 39.9. The minimum Gasteiger partial charge on any atom is -0.0656 e. The third-order valence-electron chi connectivity index (χ3n) is 12.4. The monoisotopic (exact) mass is 812 g/mol. The van der Waals surface area contributed by atoms with Crippen molar-refractivity contribution < 1.29 is 0 Å². The third kappa shape index (κ3) is 8.41. The molecule has 0 nitrogen and oxygen atoms in total. The summed E-state index contributed by atoms with van der Waals surface area (Å²) in [5.41, 5.74) is 6.69. The van der Waals surface area contributed by atoms with E-state index in [1.807, 2.05) is 0 Å². The van der Waals surface area contributed by atoms with Crippen LogP contribution in [0.2, 0.25) is 123 Å². The molecule has 4 rings (SSSR count). The summed E-state index contributed by atoms with van der Waals surface area (Å²) in [4.78, 5) is 0. The van der Waals surface area contributed by atoms with Crippen molar-refractivity contribution in [2.24, 2.45) is 0 Å². The van der Waals surface area contributed by atoms with Crippen LogP contribution in [-0.4, -0.2) is 56.5 Å². The fourth-order valence-electron chi connectivity index (χ4n) is 8.16. The van der Waals surface area contributed by atoms with Gasteiger partial charge in [-0.1, -0.05) is 215 Å². The van der Waals surface area contributed by atoms with Gasteiger partial charge < -0.3 is 0 Å². The Bertz CT molecular complexity index is 1620. The maximum Gasteiger partial charge on any atom is 0.159 e. The van der Waals surface area contributed by atoms with E-state index in [2.05, 4.69) is 200 Å². The number of hydrogen-bond donors (Lipinski definition) is 0. The fourth-order valence-corrected chi connectivity index (χ4v) is 22.6. The number of rotatable bonds is 10. The molecule has 0 saturated carbocycles. The summed E-state index contributed by atoms with van der Waals surface area (Å²) >= 11 is 0. The highest BCUT2D eigenvalue weighted by atomic mass is 28.3. The standard InChI is InChI=1S/C45H76Si7/c1-32-33(2)35(4)45(34(32)3)52(42-26-36(46(5,6)7)23-37(27-42)47(8,9)10,43-28-38(48(11,12)13)24-39(29-43)49(14,15)16)44-30-40(50(17,18)19)25-41(31-44)51(20,21)22/h23-31,45H,1-22H3. The van der Waals surface area contributed by atoms with Crippen LogP contribution in [0.1, 0.15) is 27.7 Å². The molecule has 0 radical (unpaired) electrons. The average molecular weight is 814 g/mol. The van der Waals surface area contributed by atoms with Gasteiger partial charge in [-0.15, -0.1) is 0 Å². The summed E-state index contributed by atoms with van der Waals surface area (Å²) in [7, 11) is -12.9. The molecule has 0 heterocycles. The molecule has 1 aliphatic carbocycles. The van der Waals surface area contributed by atoms with E-state index in [4.69, 9.17) is 0 Å². The minimum atomic E-state index is -2.84. The normalized spacial score (nSPS) is 16.0. The van der Waals surface area contributed by atoms with E-state index < -0.39 is 56.5 Å². The second-order valence-corrected chi connectivity index (χ2v) is 57.1. The molecule has 0 aliphatic heterocycles. The van der Waals surface area contributed by atoms with Crippen molar-refractivity contribution in [2.75, 3.05) is 0 Å². The van der Waals surface area contributed by atoms with Crippen LogP contribution in [0.15, 0.2) is 76.9 Å². The first kappa shape index (κ1) is 43.4. The van der Waals surface area contributed by atoms with E-state index in [1.165, 1.54) is 11.1 Å². The molecular formula is C45H76Si7. The second kappa shape index (κ2) is 14.0. The molecule has 7 heteroatoms. The van der Waals surface area contributed by atoms with Crippen molar-refractivity contribution in [3.8, 4) is 0 Å². The Hall–Kier alpha value is -1.34. The first-order valence-corrected chi connectivity index (χ1v) is 43.1. The van der Waals surface area contributed by atoms with Gasteiger partial charge in [0.25, 0.3) is 0 Å². The molecule has 284 valence electrons. The van der Waals surface area contributed by atoms with Crippen molar-refractivity contribution in [1.29, 1.82) is 0 Å². The molecule has 3 aromatic carbocycles. The van der Waals surface area contributed by atoms with Crippen LogP contribution in [0, 0.1) is 0 Å². The Labute approximate surface area is 329 Å². The molecule has 0 spiro atoms. The highest BCUT2D eigenvalue weighted by Gasteiger charge is 2.52. The van der Waals surface area contributed by atoms with Gasteiger partial charge in [0.15, 0.2) is 8.07 Å². The fraction of sp³-hybridized carbons (Fsp3) is 0.511. The summed E-state index contributed by atoms with van der Waals surface area (Å²) in [5.74, 6) is 0. The maximum absolute atomic E-state index is 2.84. The zero-order valence-electron chi connectivity index (χ0n) is 37.8. The molecule has 0 fully saturated rings. The smallest absolute Gasteiger partial charge is 0.0656 e. The highest BCUT2D eigenvalue weighted by molar-refractivity contribution is 7.14. The Kier molecular flexibility index (Phi) is 11.7. The van der Waals surface area contributed by atoms with Crippen LogP contribution in [0.3, 0.4) is 0 Å². The Morgan fingerprint density at radius 2 is 0.423 bits per heavy atom. The van der Waals surface area contributed by atoms with Gasteiger partial charge >= 0.3 is 0 Å². The van der Waals surface area contributed by atoms with Gasteiger partial charge in [-0.25, -0.2) is 0 Å². The number of hydrogen-bond acceptors (Lipinski definition) is 0. The van der Waals surface area contributed by atoms with E-state index in [1.54, 1.807) is 57.8 Å². The topological polar surface area (TPSA) is 0 Å². The van der Waals surface area contributed by atoms with Crippen molar-refractivity contribution >= 4 is 103 Å². The van der Waals surface area contributed by atoms with Gasteiger partial charge in [0.05, 0.1) is 48.4 Å². The van der Waals surface area contributed by atoms with Crippen molar-refractivity contribution in [3.63, 3.8) is 0 Å². The van der Waals surface area contributed by atoms with Gasteiger partial charge in [0, 0.05) is 5.54 Å². The molecular weight excluding hydrogens is 737 g/mol. The average Bonchev–Trinajstić information content (AvgIpc) is 3.17. The lowest BCUT2D eigenvalue weighted by Crippen LogP contribution is -2.74. The summed E-state index contributed by atoms with van der Waals surface area (Å²) in [6.45, 7) is 56.3. The minimum absolute atomic E-state index is 0.386. The largest absolute Gasteiger partial charge is 0.159 e. The van der Waals surface area contributed by atoms with E-state index in [0.717, 1.165) is 0 Å². The quantitative estimate of drug-likeness (QED) is 0.143. The van der Waals surface area contributed by atoms with Crippen LogP contribution < -0.4 is 46.7 Å². The Morgan fingerprint density at radius 3 is 0.577 bits per heavy atom. The number of benzene rings is 3. The van der Waals surface area contributed by atoms with Crippen molar-refractivity contribution in [3.05, 3.63) is 76.9 Å². The zero-order valence-corrected chi connectivity index (χ0v) is 44.8. The first-order valence-electron chi connectivity index (χ1n) is 20.1. The summed E-state index contributed by atoms with van der Waals surface area (Å²) in [6, 6.07) is 24.8. The first-order chi connectivity index (χ1) is 23.2. The van der Waals surface area contributed by atoms with Crippen molar-refractivity contribution in [1.82, 2.24) is 0 Å². The molecule has 0 unspecified atom stereocenters. The third-order valence-corrected chi connectivity index (χ3v) is 29.9. The van der Waals surface area contributed by atoms with Gasteiger partial charge in [0.1, 0.15) is 0 Å². The number of allylic oxidation sites excluding steroid dienone is 4. The summed E-state index contributed by atoms with van der Waals surface area (Å²) in [5, 5.41) is 14.9. The lowest BCUT2D eigenvalue weighted by molar-refractivity contribution is 1.09. The van der Waals surface area contributed by atoms with E-state index in [0.29, 0.717) is 5.54 Å². The van der Waals surface area contributed by atoms with Crippen LogP contribution in [0.25, 0.3) is 0 Å². The molecule has 0 saturated heterocycles. The maximum atomic E-state index is 2.80. The Balaban J connectivity index is 2.53. The van der Waals surface area contributed by atoms with Crippen LogP contribution in [0.5, 0.6) is 0 Å². The van der Waals surface area contributed by atoms with Gasteiger partial charge in [-0.2, -0.15) is 0 Å². The van der Waals surface area contributed by atoms with Gasteiger partial charge in [-0.05, 0) is 54.4 Å². The van der Waals surface area contributed by atoms with E-state index in [-0.39, 0.29) is 0 Å². The molecule has 0 bridgehead atoms.